The van der Waals surface area contributed by atoms with Gasteiger partial charge >= 0.3 is 0 Å². The Bertz CT molecular complexity index is 265. The Labute approximate surface area is 132 Å². The molecule has 0 radical (unpaired) electrons. The molecule has 19 heavy (non-hydrogen) atoms. The number of aliphatic imine (C=N–C) groups is 1. The van der Waals surface area contributed by atoms with Crippen LogP contribution in [0.1, 0.15) is 39.5 Å². The number of rotatable bonds is 4. The second kappa shape index (κ2) is 9.72. The van der Waals surface area contributed by atoms with Crippen LogP contribution in [-0.2, 0) is 0 Å². The fourth-order valence-electron chi connectivity index (χ4n) is 2.49. The van der Waals surface area contributed by atoms with E-state index in [0.717, 1.165) is 24.7 Å². The predicted molar refractivity (Wildman–Crippen MR) is 86.5 cm³/mol. The highest BCUT2D eigenvalue weighted by Gasteiger charge is 2.23. The van der Waals surface area contributed by atoms with Gasteiger partial charge in [0.1, 0.15) is 0 Å². The molecule has 0 aromatic carbocycles. The van der Waals surface area contributed by atoms with Gasteiger partial charge < -0.3 is 10.6 Å². The van der Waals surface area contributed by atoms with Crippen LogP contribution in [-0.4, -0.2) is 32.0 Å². The maximum absolute atomic E-state index is 12.1. The van der Waals surface area contributed by atoms with E-state index in [2.05, 4.69) is 29.5 Å². The molecule has 1 aliphatic carbocycles. The number of hydrogen-bond donors (Lipinski definition) is 2. The SMILES string of the molecule is CN=C(NCC(F)F)NC1CCC(C(C)C)CC1.I. The van der Waals surface area contributed by atoms with E-state index in [1.54, 1.807) is 7.05 Å². The molecule has 1 rings (SSSR count). The molecule has 1 aliphatic rings. The lowest BCUT2D eigenvalue weighted by molar-refractivity contribution is 0.151. The first-order valence-electron chi connectivity index (χ1n) is 6.78. The van der Waals surface area contributed by atoms with Crippen molar-refractivity contribution in [2.45, 2.75) is 52.0 Å². The van der Waals surface area contributed by atoms with Crippen molar-refractivity contribution in [2.24, 2.45) is 16.8 Å². The summed E-state index contributed by atoms with van der Waals surface area (Å²) in [5.41, 5.74) is 0. The van der Waals surface area contributed by atoms with Crippen LogP contribution in [0, 0.1) is 11.8 Å². The standard InChI is InChI=1S/C13H25F2N3.HI/c1-9(2)10-4-6-11(7-5-10)18-13(16-3)17-8-12(14)15;/h9-12H,4-8H2,1-3H3,(H2,16,17,18);1H. The van der Waals surface area contributed by atoms with Gasteiger partial charge in [-0.3, -0.25) is 4.99 Å². The molecule has 6 heteroatoms. The molecule has 0 aliphatic heterocycles. The first-order valence-corrected chi connectivity index (χ1v) is 6.78. The number of guanidine groups is 1. The average molecular weight is 389 g/mol. The van der Waals surface area contributed by atoms with Crippen LogP contribution < -0.4 is 10.6 Å². The van der Waals surface area contributed by atoms with Gasteiger partial charge in [0.05, 0.1) is 6.54 Å². The zero-order chi connectivity index (χ0) is 13.5. The Morgan fingerprint density at radius 2 is 1.79 bits per heavy atom. The van der Waals surface area contributed by atoms with E-state index in [1.807, 2.05) is 0 Å². The monoisotopic (exact) mass is 389 g/mol. The molecule has 0 heterocycles. The number of nitrogens with one attached hydrogen (secondary N) is 2. The first kappa shape index (κ1) is 18.9. The van der Waals surface area contributed by atoms with Crippen LogP contribution in [0.15, 0.2) is 4.99 Å². The lowest BCUT2D eigenvalue weighted by Crippen LogP contribution is -2.46. The molecule has 0 aromatic rings. The molecular formula is C13H26F2IN3. The maximum atomic E-state index is 12.1. The third kappa shape index (κ3) is 7.27. The molecule has 0 aromatic heterocycles. The second-order valence-electron chi connectivity index (χ2n) is 5.34. The smallest absolute Gasteiger partial charge is 0.255 e. The minimum absolute atomic E-state index is 0. The topological polar surface area (TPSA) is 36.4 Å². The van der Waals surface area contributed by atoms with E-state index >= 15 is 0 Å². The van der Waals surface area contributed by atoms with Crippen molar-refractivity contribution in [2.75, 3.05) is 13.6 Å². The third-order valence-corrected chi connectivity index (χ3v) is 3.70. The Hall–Kier alpha value is -0.140. The summed E-state index contributed by atoms with van der Waals surface area (Å²) in [7, 11) is 1.61. The molecule has 2 N–H and O–H groups in total. The van der Waals surface area contributed by atoms with Gasteiger partial charge in [-0.1, -0.05) is 13.8 Å². The summed E-state index contributed by atoms with van der Waals surface area (Å²) in [4.78, 5) is 3.97. The lowest BCUT2D eigenvalue weighted by atomic mass is 9.80. The molecule has 114 valence electrons. The van der Waals surface area contributed by atoms with Crippen molar-refractivity contribution >= 4 is 29.9 Å². The summed E-state index contributed by atoms with van der Waals surface area (Å²) in [5, 5.41) is 5.87. The number of alkyl halides is 2. The van der Waals surface area contributed by atoms with E-state index in [9.17, 15) is 8.78 Å². The zero-order valence-electron chi connectivity index (χ0n) is 12.0. The van der Waals surface area contributed by atoms with Gasteiger partial charge in [-0.2, -0.15) is 0 Å². The summed E-state index contributed by atoms with van der Waals surface area (Å²) >= 11 is 0. The van der Waals surface area contributed by atoms with Crippen LogP contribution in [0.25, 0.3) is 0 Å². The summed E-state index contributed by atoms with van der Waals surface area (Å²) in [6, 6.07) is 0.365. The summed E-state index contributed by atoms with van der Waals surface area (Å²) < 4.78 is 24.2. The largest absolute Gasteiger partial charge is 0.354 e. The quantitative estimate of drug-likeness (QED) is 0.440. The van der Waals surface area contributed by atoms with Crippen LogP contribution in [0.4, 0.5) is 8.78 Å². The molecule has 3 nitrogen and oxygen atoms in total. The Morgan fingerprint density at radius 3 is 2.21 bits per heavy atom. The maximum Gasteiger partial charge on any atom is 0.255 e. The highest BCUT2D eigenvalue weighted by atomic mass is 127. The van der Waals surface area contributed by atoms with Gasteiger partial charge in [-0.05, 0) is 37.5 Å². The van der Waals surface area contributed by atoms with E-state index in [0.29, 0.717) is 12.0 Å². The van der Waals surface area contributed by atoms with Crippen molar-refractivity contribution in [1.29, 1.82) is 0 Å². The van der Waals surface area contributed by atoms with Gasteiger partial charge in [-0.25, -0.2) is 8.78 Å². The summed E-state index contributed by atoms with van der Waals surface area (Å²) in [6.07, 6.45) is 2.26. The van der Waals surface area contributed by atoms with Gasteiger partial charge in [-0.15, -0.1) is 24.0 Å². The van der Waals surface area contributed by atoms with Gasteiger partial charge in [0, 0.05) is 13.1 Å². The van der Waals surface area contributed by atoms with Crippen molar-refractivity contribution in [3.05, 3.63) is 0 Å². The van der Waals surface area contributed by atoms with Gasteiger partial charge in [0.15, 0.2) is 5.96 Å². The van der Waals surface area contributed by atoms with Crippen LogP contribution in [0.2, 0.25) is 0 Å². The van der Waals surface area contributed by atoms with E-state index in [1.165, 1.54) is 12.8 Å². The van der Waals surface area contributed by atoms with Crippen molar-refractivity contribution in [3.63, 3.8) is 0 Å². The van der Waals surface area contributed by atoms with Crippen molar-refractivity contribution in [1.82, 2.24) is 10.6 Å². The van der Waals surface area contributed by atoms with E-state index < -0.39 is 6.43 Å². The highest BCUT2D eigenvalue weighted by Crippen LogP contribution is 2.29. The lowest BCUT2D eigenvalue weighted by Gasteiger charge is -2.32. The summed E-state index contributed by atoms with van der Waals surface area (Å²) in [6.45, 7) is 4.18. The molecule has 0 unspecified atom stereocenters. The Morgan fingerprint density at radius 1 is 1.21 bits per heavy atom. The fourth-order valence-corrected chi connectivity index (χ4v) is 2.49. The van der Waals surface area contributed by atoms with Crippen LogP contribution in [0.3, 0.4) is 0 Å². The van der Waals surface area contributed by atoms with E-state index in [4.69, 9.17) is 0 Å². The molecule has 1 saturated carbocycles. The van der Waals surface area contributed by atoms with Gasteiger partial charge in [0.25, 0.3) is 6.43 Å². The fraction of sp³-hybridized carbons (Fsp3) is 0.923. The van der Waals surface area contributed by atoms with Gasteiger partial charge in [0.2, 0.25) is 0 Å². The Kier molecular flexibility index (Phi) is 9.64. The van der Waals surface area contributed by atoms with Crippen molar-refractivity contribution < 1.29 is 8.78 Å². The Balaban J connectivity index is 0.00000324. The molecule has 0 bridgehead atoms. The third-order valence-electron chi connectivity index (χ3n) is 3.70. The minimum atomic E-state index is -2.35. The molecule has 0 spiro atoms. The number of nitrogens with zero attached hydrogens (tertiary/aromatic N) is 1. The number of hydrogen-bond acceptors (Lipinski definition) is 1. The molecule has 1 fully saturated rings. The van der Waals surface area contributed by atoms with E-state index in [-0.39, 0.29) is 30.5 Å². The molecular weight excluding hydrogens is 363 g/mol. The molecule has 0 amide bonds. The first-order chi connectivity index (χ1) is 8.52. The zero-order valence-corrected chi connectivity index (χ0v) is 14.3. The summed E-state index contributed by atoms with van der Waals surface area (Å²) in [5.74, 6) is 2.03. The molecule has 0 saturated heterocycles. The van der Waals surface area contributed by atoms with Crippen molar-refractivity contribution in [3.8, 4) is 0 Å². The predicted octanol–water partition coefficient (Wildman–Crippen LogP) is 3.25. The number of halogens is 3. The average Bonchev–Trinajstić information content (AvgIpc) is 2.34. The highest BCUT2D eigenvalue weighted by molar-refractivity contribution is 14.0. The van der Waals surface area contributed by atoms with Crippen LogP contribution in [0.5, 0.6) is 0 Å². The minimum Gasteiger partial charge on any atom is -0.354 e. The second-order valence-corrected chi connectivity index (χ2v) is 5.34. The molecule has 0 atom stereocenters. The normalized spacial score (nSPS) is 24.3. The van der Waals surface area contributed by atoms with Crippen LogP contribution >= 0.6 is 24.0 Å².